The summed E-state index contributed by atoms with van der Waals surface area (Å²) in [4.78, 5) is 30.0. The molecule has 0 aliphatic carbocycles. The van der Waals surface area contributed by atoms with Gasteiger partial charge in [0.05, 0.1) is 11.2 Å². The zero-order valence-corrected chi connectivity index (χ0v) is 19.5. The maximum atomic E-state index is 13.3. The summed E-state index contributed by atoms with van der Waals surface area (Å²) >= 11 is 1.32. The predicted octanol–water partition coefficient (Wildman–Crippen LogP) is 5.55. The van der Waals surface area contributed by atoms with E-state index in [0.29, 0.717) is 33.3 Å². The fraction of sp³-hybridized carbons (Fsp3) is 0.0370. The van der Waals surface area contributed by atoms with E-state index >= 15 is 0 Å². The Kier molecular flexibility index (Phi) is 5.95. The van der Waals surface area contributed by atoms with Gasteiger partial charge in [0.15, 0.2) is 5.01 Å². The monoisotopic (exact) mass is 480 g/mol. The molecule has 0 atom stereocenters. The first-order chi connectivity index (χ1) is 17.0. The summed E-state index contributed by atoms with van der Waals surface area (Å²) in [6.45, 7) is 1.90. The fourth-order valence-corrected chi connectivity index (χ4v) is 4.28. The number of hydrogen-bond donors (Lipinski definition) is 1. The van der Waals surface area contributed by atoms with Gasteiger partial charge in [-0.25, -0.2) is 4.98 Å². The molecule has 2 N–H and O–H groups in total. The number of hydrogen-bond acceptors (Lipinski definition) is 6. The van der Waals surface area contributed by atoms with Crippen molar-refractivity contribution in [1.82, 2.24) is 14.8 Å². The maximum absolute atomic E-state index is 13.3. The van der Waals surface area contributed by atoms with Gasteiger partial charge >= 0.3 is 5.91 Å². The third-order valence-electron chi connectivity index (χ3n) is 5.27. The van der Waals surface area contributed by atoms with E-state index in [2.05, 4.69) is 10.1 Å². The van der Waals surface area contributed by atoms with Gasteiger partial charge in [-0.2, -0.15) is 9.78 Å². The lowest BCUT2D eigenvalue weighted by molar-refractivity contribution is 0.0948. The van der Waals surface area contributed by atoms with Crippen LogP contribution in [0.3, 0.4) is 0 Å². The van der Waals surface area contributed by atoms with Gasteiger partial charge in [0, 0.05) is 28.1 Å². The van der Waals surface area contributed by atoms with Crippen molar-refractivity contribution in [3.8, 4) is 11.5 Å². The Hall–Kier alpha value is -4.56. The average molecular weight is 481 g/mol. The molecule has 0 spiro atoms. The zero-order chi connectivity index (χ0) is 24.4. The number of aromatic nitrogens is 3. The first-order valence-electron chi connectivity index (χ1n) is 10.8. The van der Waals surface area contributed by atoms with Gasteiger partial charge in [0.2, 0.25) is 5.91 Å². The van der Waals surface area contributed by atoms with Crippen molar-refractivity contribution >= 4 is 46.2 Å². The number of amides is 1. The lowest BCUT2D eigenvalue weighted by atomic mass is 10.1. The van der Waals surface area contributed by atoms with E-state index in [0.717, 1.165) is 15.8 Å². The summed E-state index contributed by atoms with van der Waals surface area (Å²) in [6.07, 6.45) is 5.50. The average Bonchev–Trinajstić information content (AvgIpc) is 3.46. The lowest BCUT2D eigenvalue weighted by Gasteiger charge is -2.07. The van der Waals surface area contributed by atoms with Crippen LogP contribution in [0, 0.1) is 6.92 Å². The number of carbonyl (C=O) groups is 2. The van der Waals surface area contributed by atoms with Crippen LogP contribution in [0.15, 0.2) is 79.0 Å². The van der Waals surface area contributed by atoms with Gasteiger partial charge in [0.1, 0.15) is 11.5 Å². The largest absolute Gasteiger partial charge is 0.457 e. The number of primary amides is 1. The summed E-state index contributed by atoms with van der Waals surface area (Å²) in [5.74, 6) is 0.0864. The molecule has 0 aliphatic rings. The van der Waals surface area contributed by atoms with Crippen molar-refractivity contribution in [2.75, 3.05) is 0 Å². The molecular formula is C27H20N4O3S. The Balaban J connectivity index is 1.57. The van der Waals surface area contributed by atoms with Gasteiger partial charge in [-0.15, -0.1) is 11.3 Å². The number of aryl methyl sites for hydroxylation is 1. The molecular weight excluding hydrogens is 460 g/mol. The van der Waals surface area contributed by atoms with Crippen molar-refractivity contribution in [2.45, 2.75) is 6.92 Å². The minimum Gasteiger partial charge on any atom is -0.457 e. The van der Waals surface area contributed by atoms with Gasteiger partial charge in [-0.05, 0) is 48.9 Å². The molecule has 1 amide bonds. The van der Waals surface area contributed by atoms with Crippen LogP contribution in [-0.4, -0.2) is 26.6 Å². The minimum absolute atomic E-state index is 0.319. The maximum Gasteiger partial charge on any atom is 0.307 e. The molecule has 0 radical (unpaired) electrons. The van der Waals surface area contributed by atoms with E-state index in [1.54, 1.807) is 42.6 Å². The first kappa shape index (κ1) is 22.2. The van der Waals surface area contributed by atoms with Crippen LogP contribution in [0.25, 0.3) is 23.1 Å². The highest BCUT2D eigenvalue weighted by molar-refractivity contribution is 7.13. The second-order valence-corrected chi connectivity index (χ2v) is 9.03. The molecule has 35 heavy (non-hydrogen) atoms. The Labute approximate surface area is 205 Å². The highest BCUT2D eigenvalue weighted by atomic mass is 32.1. The van der Waals surface area contributed by atoms with Crippen molar-refractivity contribution in [2.24, 2.45) is 5.73 Å². The molecule has 5 rings (SSSR count). The van der Waals surface area contributed by atoms with Crippen LogP contribution in [-0.2, 0) is 0 Å². The Morgan fingerprint density at radius 1 is 0.971 bits per heavy atom. The molecule has 0 unspecified atom stereocenters. The van der Waals surface area contributed by atoms with Crippen LogP contribution in [0.4, 0.5) is 0 Å². The number of carbonyl (C=O) groups excluding carboxylic acids is 2. The molecule has 5 aromatic rings. The Morgan fingerprint density at radius 2 is 1.77 bits per heavy atom. The zero-order valence-electron chi connectivity index (χ0n) is 18.7. The van der Waals surface area contributed by atoms with E-state index in [-0.39, 0.29) is 5.91 Å². The SMILES string of the molecule is Cc1cnc(C(=O)n2nc(C=Cc3ccccc3)c3ccc(Oc4cccc(C(N)=O)c4)cc32)s1. The van der Waals surface area contributed by atoms with E-state index in [1.807, 2.05) is 55.5 Å². The number of fused-ring (bicyclic) bond motifs is 1. The van der Waals surface area contributed by atoms with Gasteiger partial charge in [0.25, 0.3) is 0 Å². The summed E-state index contributed by atoms with van der Waals surface area (Å²) < 4.78 is 7.32. The van der Waals surface area contributed by atoms with Crippen molar-refractivity contribution in [3.05, 3.63) is 106 Å². The van der Waals surface area contributed by atoms with E-state index < -0.39 is 5.91 Å². The smallest absolute Gasteiger partial charge is 0.307 e. The molecule has 2 heterocycles. The van der Waals surface area contributed by atoms with Crippen molar-refractivity contribution in [1.29, 1.82) is 0 Å². The minimum atomic E-state index is -0.539. The highest BCUT2D eigenvalue weighted by Gasteiger charge is 2.19. The number of rotatable bonds is 6. The second kappa shape index (κ2) is 9.36. The molecule has 8 heteroatoms. The molecule has 0 saturated heterocycles. The van der Waals surface area contributed by atoms with Crippen LogP contribution < -0.4 is 10.5 Å². The molecule has 2 aromatic heterocycles. The second-order valence-electron chi connectivity index (χ2n) is 7.80. The Morgan fingerprint density at radius 3 is 2.51 bits per heavy atom. The standard InChI is InChI=1S/C27H20N4O3S/c1-17-16-29-26(35-17)27(33)31-24-15-21(34-20-9-5-8-19(14-20)25(28)32)11-12-22(24)23(30-31)13-10-18-6-3-2-4-7-18/h2-16H,1H3,(H2,28,32). The van der Waals surface area contributed by atoms with E-state index in [4.69, 9.17) is 10.5 Å². The number of ether oxygens (including phenoxy) is 1. The number of nitrogens with zero attached hydrogens (tertiary/aromatic N) is 3. The Bertz CT molecular complexity index is 1580. The number of nitrogens with two attached hydrogens (primary N) is 1. The topological polar surface area (TPSA) is 100 Å². The van der Waals surface area contributed by atoms with E-state index in [9.17, 15) is 9.59 Å². The molecule has 0 bridgehead atoms. The first-order valence-corrected chi connectivity index (χ1v) is 11.6. The third-order valence-corrected chi connectivity index (χ3v) is 6.17. The molecule has 0 aliphatic heterocycles. The summed E-state index contributed by atoms with van der Waals surface area (Å²) in [7, 11) is 0. The number of thiazole rings is 1. The van der Waals surface area contributed by atoms with Gasteiger partial charge < -0.3 is 10.5 Å². The van der Waals surface area contributed by atoms with Crippen LogP contribution in [0.1, 0.15) is 36.3 Å². The van der Waals surface area contributed by atoms with Crippen LogP contribution >= 0.6 is 11.3 Å². The quantitative estimate of drug-likeness (QED) is 0.343. The van der Waals surface area contributed by atoms with Crippen molar-refractivity contribution < 1.29 is 14.3 Å². The molecule has 3 aromatic carbocycles. The number of benzene rings is 3. The van der Waals surface area contributed by atoms with E-state index in [1.165, 1.54) is 16.0 Å². The third kappa shape index (κ3) is 4.73. The normalized spacial score (nSPS) is 11.2. The summed E-state index contributed by atoms with van der Waals surface area (Å²) in [6, 6.07) is 21.9. The molecule has 172 valence electrons. The van der Waals surface area contributed by atoms with Gasteiger partial charge in [-0.1, -0.05) is 42.5 Å². The molecule has 0 saturated carbocycles. The molecule has 7 nitrogen and oxygen atoms in total. The summed E-state index contributed by atoms with van der Waals surface area (Å²) in [5.41, 5.74) is 7.97. The summed E-state index contributed by atoms with van der Waals surface area (Å²) in [5, 5.41) is 5.75. The predicted molar refractivity (Wildman–Crippen MR) is 137 cm³/mol. The lowest BCUT2D eigenvalue weighted by Crippen LogP contribution is -2.13. The molecule has 0 fully saturated rings. The van der Waals surface area contributed by atoms with Crippen molar-refractivity contribution in [3.63, 3.8) is 0 Å². The van der Waals surface area contributed by atoms with Gasteiger partial charge in [-0.3, -0.25) is 9.59 Å². The fourth-order valence-electron chi connectivity index (χ4n) is 3.59. The van der Waals surface area contributed by atoms with Crippen LogP contribution in [0.5, 0.6) is 11.5 Å². The van der Waals surface area contributed by atoms with Crippen LogP contribution in [0.2, 0.25) is 0 Å². The highest BCUT2D eigenvalue weighted by Crippen LogP contribution is 2.29.